The summed E-state index contributed by atoms with van der Waals surface area (Å²) >= 11 is 0. The van der Waals surface area contributed by atoms with Crippen molar-refractivity contribution in [1.82, 2.24) is 0 Å². The highest BCUT2D eigenvalue weighted by Gasteiger charge is 2.50. The summed E-state index contributed by atoms with van der Waals surface area (Å²) < 4.78 is 0. The first kappa shape index (κ1) is 31.4. The van der Waals surface area contributed by atoms with Crippen LogP contribution in [-0.2, 0) is 19.4 Å². The van der Waals surface area contributed by atoms with Gasteiger partial charge in [-0.05, 0) is 52.9 Å². The lowest BCUT2D eigenvalue weighted by Gasteiger charge is -2.46. The number of hydrogen-bond acceptors (Lipinski definition) is 4. The zero-order valence-corrected chi connectivity index (χ0v) is 26.4. The van der Waals surface area contributed by atoms with Crippen LogP contribution in [0, 0.1) is 27.1 Å². The van der Waals surface area contributed by atoms with Gasteiger partial charge in [-0.15, -0.1) is 0 Å². The van der Waals surface area contributed by atoms with Gasteiger partial charge >= 0.3 is 0 Å². The maximum atomic E-state index is 13.7. The Morgan fingerprint density at radius 2 is 0.757 bits per heavy atom. The van der Waals surface area contributed by atoms with Gasteiger partial charge < -0.3 is 0 Å². The minimum absolute atomic E-state index is 0.0553. The average Bonchev–Trinajstić information content (AvgIpc) is 2.64. The Bertz CT molecular complexity index is 1000. The molecule has 0 aliphatic heterocycles. The van der Waals surface area contributed by atoms with Crippen LogP contribution in [0.5, 0.6) is 0 Å². The SMILES string of the molecule is CC1(OOC2(C(C)(C)C)C=C(C(C)(C)C)C(=O)C(C(C)(C)C)=C2)C=C(C(C)(C)C)C(=O)C(C(C)(C)C)=C1. The van der Waals surface area contributed by atoms with E-state index in [9.17, 15) is 9.59 Å². The van der Waals surface area contributed by atoms with Crippen molar-refractivity contribution in [2.45, 2.75) is 122 Å². The summed E-state index contributed by atoms with van der Waals surface area (Å²) in [6.45, 7) is 32.8. The van der Waals surface area contributed by atoms with Crippen LogP contribution in [0.4, 0.5) is 0 Å². The molecule has 0 aromatic rings. The van der Waals surface area contributed by atoms with E-state index in [1.807, 2.05) is 72.8 Å². The molecular formula is C33H52O4. The molecule has 0 unspecified atom stereocenters. The van der Waals surface area contributed by atoms with E-state index in [1.165, 1.54) is 0 Å². The summed E-state index contributed by atoms with van der Waals surface area (Å²) in [6.07, 6.45) is 7.73. The van der Waals surface area contributed by atoms with Crippen LogP contribution < -0.4 is 0 Å². The fourth-order valence-corrected chi connectivity index (χ4v) is 4.68. The minimum atomic E-state index is -0.998. The molecule has 0 radical (unpaired) electrons. The molecule has 0 amide bonds. The number of Topliss-reactive ketones (excluding diaryl/α,β-unsaturated/α-hetero) is 2. The van der Waals surface area contributed by atoms with E-state index in [2.05, 4.69) is 62.3 Å². The molecule has 2 aliphatic rings. The fraction of sp³-hybridized carbons (Fsp3) is 0.697. The van der Waals surface area contributed by atoms with Crippen molar-refractivity contribution in [3.05, 3.63) is 46.6 Å². The molecule has 2 rings (SSSR count). The predicted octanol–water partition coefficient (Wildman–Crippen LogP) is 8.53. The largest absolute Gasteiger partial charge is 0.289 e. The normalized spacial score (nSPS) is 21.3. The van der Waals surface area contributed by atoms with E-state index in [4.69, 9.17) is 9.78 Å². The number of hydrogen-bond donors (Lipinski definition) is 0. The number of carbonyl (C=O) groups is 2. The summed E-state index contributed by atoms with van der Waals surface area (Å²) in [5.74, 6) is 0.113. The van der Waals surface area contributed by atoms with Crippen molar-refractivity contribution in [2.24, 2.45) is 27.1 Å². The Morgan fingerprint density at radius 1 is 0.486 bits per heavy atom. The van der Waals surface area contributed by atoms with Crippen molar-refractivity contribution >= 4 is 11.6 Å². The topological polar surface area (TPSA) is 52.6 Å². The third kappa shape index (κ3) is 6.45. The second kappa shape index (κ2) is 9.16. The van der Waals surface area contributed by atoms with Crippen LogP contribution >= 0.6 is 0 Å². The highest BCUT2D eigenvalue weighted by atomic mass is 17.2. The number of ketones is 2. The van der Waals surface area contributed by atoms with Crippen molar-refractivity contribution in [3.63, 3.8) is 0 Å². The minimum Gasteiger partial charge on any atom is -0.289 e. The summed E-state index contributed by atoms with van der Waals surface area (Å²) in [7, 11) is 0. The van der Waals surface area contributed by atoms with Crippen LogP contribution in [0.15, 0.2) is 46.6 Å². The molecule has 208 valence electrons. The molecule has 4 nitrogen and oxygen atoms in total. The highest BCUT2D eigenvalue weighted by molar-refractivity contribution is 6.11. The van der Waals surface area contributed by atoms with E-state index in [-0.39, 0.29) is 33.2 Å². The first-order valence-corrected chi connectivity index (χ1v) is 13.5. The maximum Gasteiger partial charge on any atom is 0.185 e. The molecule has 0 aromatic carbocycles. The summed E-state index contributed by atoms with van der Waals surface area (Å²) in [4.78, 5) is 40.1. The zero-order chi connectivity index (χ0) is 29.2. The van der Waals surface area contributed by atoms with Gasteiger partial charge in [0.2, 0.25) is 0 Å². The molecule has 0 saturated carbocycles. The van der Waals surface area contributed by atoms with Gasteiger partial charge in [-0.1, -0.05) is 104 Å². The quantitative estimate of drug-likeness (QED) is 0.281. The Kier molecular flexibility index (Phi) is 7.78. The molecule has 0 spiro atoms. The molecule has 0 aromatic heterocycles. The van der Waals surface area contributed by atoms with E-state index < -0.39 is 16.6 Å². The molecule has 0 saturated heterocycles. The van der Waals surface area contributed by atoms with Gasteiger partial charge in [0.25, 0.3) is 0 Å². The van der Waals surface area contributed by atoms with Gasteiger partial charge in [-0.25, -0.2) is 9.78 Å². The molecule has 4 heteroatoms. The Labute approximate surface area is 226 Å². The van der Waals surface area contributed by atoms with E-state index in [0.29, 0.717) is 11.1 Å². The lowest BCUT2D eigenvalue weighted by molar-refractivity contribution is -0.386. The Hall–Kier alpha value is -1.78. The van der Waals surface area contributed by atoms with E-state index in [1.54, 1.807) is 0 Å². The Morgan fingerprint density at radius 3 is 1.00 bits per heavy atom. The smallest absolute Gasteiger partial charge is 0.185 e. The Balaban J connectivity index is 2.76. The van der Waals surface area contributed by atoms with Crippen molar-refractivity contribution in [3.8, 4) is 0 Å². The van der Waals surface area contributed by atoms with Crippen LogP contribution in [0.3, 0.4) is 0 Å². The second-order valence-corrected chi connectivity index (χ2v) is 16.3. The molecule has 37 heavy (non-hydrogen) atoms. The van der Waals surface area contributed by atoms with Crippen LogP contribution in [0.2, 0.25) is 0 Å². The highest BCUT2D eigenvalue weighted by Crippen LogP contribution is 2.49. The first-order valence-electron chi connectivity index (χ1n) is 13.5. The molecule has 0 atom stereocenters. The lowest BCUT2D eigenvalue weighted by Crippen LogP contribution is -2.49. The van der Waals surface area contributed by atoms with Gasteiger partial charge in [-0.2, -0.15) is 0 Å². The summed E-state index contributed by atoms with van der Waals surface area (Å²) in [5.41, 5.74) is -0.991. The van der Waals surface area contributed by atoms with Crippen molar-refractivity contribution in [2.75, 3.05) is 0 Å². The lowest BCUT2D eigenvalue weighted by atomic mass is 9.64. The van der Waals surface area contributed by atoms with Crippen LogP contribution in [0.1, 0.15) is 111 Å². The maximum absolute atomic E-state index is 13.7. The second-order valence-electron chi connectivity index (χ2n) is 16.3. The van der Waals surface area contributed by atoms with Gasteiger partial charge in [0.15, 0.2) is 11.6 Å². The summed E-state index contributed by atoms with van der Waals surface area (Å²) in [5, 5.41) is 0. The molecule has 0 fully saturated rings. The van der Waals surface area contributed by atoms with Crippen LogP contribution in [0.25, 0.3) is 0 Å². The average molecular weight is 513 g/mol. The summed E-state index contributed by atoms with van der Waals surface area (Å²) in [6, 6.07) is 0. The zero-order valence-electron chi connectivity index (χ0n) is 26.4. The number of allylic oxidation sites excluding steroid dienone is 4. The number of carbonyl (C=O) groups excluding carboxylic acids is 2. The monoisotopic (exact) mass is 512 g/mol. The van der Waals surface area contributed by atoms with Gasteiger partial charge in [0.1, 0.15) is 11.2 Å². The first-order chi connectivity index (χ1) is 16.1. The van der Waals surface area contributed by atoms with Crippen molar-refractivity contribution < 1.29 is 19.4 Å². The van der Waals surface area contributed by atoms with Gasteiger partial charge in [-0.3, -0.25) is 9.59 Å². The standard InChI is InChI=1S/C33H52O4/c1-27(2,3)21-17-32(16,18-22(25(21)34)28(4,5)6)36-37-33(31(13,14)15)19-23(29(7,8)9)26(35)24(20-33)30(10,11)12/h17-20H,1-16H3. The molecule has 2 aliphatic carbocycles. The van der Waals surface area contributed by atoms with Gasteiger partial charge in [0.05, 0.1) is 0 Å². The third-order valence-corrected chi connectivity index (χ3v) is 7.32. The molecular weight excluding hydrogens is 460 g/mol. The van der Waals surface area contributed by atoms with Gasteiger partial charge in [0, 0.05) is 27.7 Å². The molecule has 0 N–H and O–H groups in total. The van der Waals surface area contributed by atoms with Crippen molar-refractivity contribution in [1.29, 1.82) is 0 Å². The van der Waals surface area contributed by atoms with E-state index in [0.717, 1.165) is 11.1 Å². The molecule has 0 heterocycles. The number of rotatable bonds is 3. The van der Waals surface area contributed by atoms with Crippen LogP contribution in [-0.4, -0.2) is 22.8 Å². The fourth-order valence-electron chi connectivity index (χ4n) is 4.68. The third-order valence-electron chi connectivity index (χ3n) is 7.32. The predicted molar refractivity (Wildman–Crippen MR) is 153 cm³/mol. The van der Waals surface area contributed by atoms with E-state index >= 15 is 0 Å². The molecule has 0 bridgehead atoms.